The summed E-state index contributed by atoms with van der Waals surface area (Å²) in [5.41, 5.74) is 3.14. The molecule has 6 rings (SSSR count). The number of hydrogen-bond acceptors (Lipinski definition) is 8. The average molecular weight is 558 g/mol. The van der Waals surface area contributed by atoms with Crippen LogP contribution in [0.2, 0.25) is 0 Å². The molecule has 0 bridgehead atoms. The number of carbonyl (C=O) groups excluding carboxylic acids is 2. The largest absolute Gasteiger partial charge is 0.508 e. The van der Waals surface area contributed by atoms with Crippen molar-refractivity contribution >= 4 is 28.6 Å². The van der Waals surface area contributed by atoms with E-state index in [9.17, 15) is 14.7 Å². The van der Waals surface area contributed by atoms with Crippen molar-refractivity contribution in [2.24, 2.45) is 0 Å². The van der Waals surface area contributed by atoms with Crippen LogP contribution in [0.4, 0.5) is 10.6 Å². The number of ether oxygens (including phenoxy) is 2. The number of phenolic OH excluding ortho intramolecular Hbond substituents is 1. The maximum absolute atomic E-state index is 12.3. The second kappa shape index (κ2) is 10.9. The fourth-order valence-corrected chi connectivity index (χ4v) is 6.27. The van der Waals surface area contributed by atoms with E-state index in [-0.39, 0.29) is 55.0 Å². The quantitative estimate of drug-likeness (QED) is 0.458. The van der Waals surface area contributed by atoms with Crippen molar-refractivity contribution in [2.45, 2.75) is 44.2 Å². The Bertz CT molecular complexity index is 1510. The summed E-state index contributed by atoms with van der Waals surface area (Å²) in [5.74, 6) is 1.20. The van der Waals surface area contributed by atoms with E-state index in [4.69, 9.17) is 19.4 Å². The van der Waals surface area contributed by atoms with Crippen molar-refractivity contribution in [3.63, 3.8) is 0 Å². The molecular formula is C31H35N5O5. The molecule has 1 aliphatic carbocycles. The number of benzene rings is 2. The minimum atomic E-state index is -0.368. The summed E-state index contributed by atoms with van der Waals surface area (Å²) in [4.78, 5) is 39.5. The highest BCUT2D eigenvalue weighted by atomic mass is 16.6. The van der Waals surface area contributed by atoms with Gasteiger partial charge in [-0.15, -0.1) is 0 Å². The molecule has 10 nitrogen and oxygen atoms in total. The van der Waals surface area contributed by atoms with Gasteiger partial charge in [-0.3, -0.25) is 4.79 Å². The van der Waals surface area contributed by atoms with E-state index in [1.807, 2.05) is 29.2 Å². The molecule has 2 fully saturated rings. The number of cyclic esters (lactones) is 1. The number of aromatic nitrogens is 2. The molecule has 3 aliphatic rings. The normalized spacial score (nSPS) is 22.4. The zero-order valence-corrected chi connectivity index (χ0v) is 23.5. The molecular weight excluding hydrogens is 522 g/mol. The lowest BCUT2D eigenvalue weighted by atomic mass is 9.80. The van der Waals surface area contributed by atoms with E-state index in [0.717, 1.165) is 46.3 Å². The number of phenols is 1. The maximum Gasteiger partial charge on any atom is 0.410 e. The van der Waals surface area contributed by atoms with Gasteiger partial charge in [0.25, 0.3) is 0 Å². The van der Waals surface area contributed by atoms with Crippen LogP contribution in [0, 0.1) is 0 Å². The van der Waals surface area contributed by atoms with Gasteiger partial charge < -0.3 is 29.3 Å². The smallest absolute Gasteiger partial charge is 0.410 e. The second-order valence-electron chi connectivity index (χ2n) is 11.1. The number of nitrogens with zero attached hydrogens (tertiary/aromatic N) is 5. The van der Waals surface area contributed by atoms with Gasteiger partial charge in [0.1, 0.15) is 30.8 Å². The summed E-state index contributed by atoms with van der Waals surface area (Å²) in [6, 6.07) is 11.9. The number of hydrogen-bond donors (Lipinski definition) is 1. The van der Waals surface area contributed by atoms with E-state index in [2.05, 4.69) is 24.5 Å². The van der Waals surface area contributed by atoms with E-state index >= 15 is 0 Å². The van der Waals surface area contributed by atoms with Gasteiger partial charge in [-0.2, -0.15) is 9.97 Å². The monoisotopic (exact) mass is 557 g/mol. The van der Waals surface area contributed by atoms with Gasteiger partial charge >= 0.3 is 12.1 Å². The van der Waals surface area contributed by atoms with Crippen LogP contribution in [0.5, 0.6) is 11.8 Å². The molecule has 1 aromatic heterocycles. The number of likely N-dealkylation sites (N-methyl/N-ethyl adjacent to an activating group) is 1. The van der Waals surface area contributed by atoms with E-state index in [1.54, 1.807) is 13.1 Å². The van der Waals surface area contributed by atoms with Crippen molar-refractivity contribution in [3.05, 3.63) is 65.9 Å². The third-order valence-electron chi connectivity index (χ3n) is 8.58. The van der Waals surface area contributed by atoms with Crippen LogP contribution in [-0.2, 0) is 22.4 Å². The second-order valence-corrected chi connectivity index (χ2v) is 11.1. The molecule has 10 heteroatoms. The fraction of sp³-hybridized carbons (Fsp3) is 0.419. The standard InChI is InChI=1S/C31H35N5O5/c1-4-28(38)35-11-12-36(19(2)16-35)29-25-10-9-21(26-15-23(37)13-20-7-5-6-8-24(20)26)14-27(25)32-30(33-29)40-17-22-18-41-31(39)34(22)3/h4-8,13,15,19,21-22,37H,1,9-12,14,16-18H2,2-3H3/t19-,21-,22+/m0/s1. The lowest BCUT2D eigenvalue weighted by molar-refractivity contribution is -0.126. The van der Waals surface area contributed by atoms with Crippen molar-refractivity contribution < 1.29 is 24.2 Å². The van der Waals surface area contributed by atoms with Crippen molar-refractivity contribution in [2.75, 3.05) is 44.8 Å². The molecule has 3 atom stereocenters. The summed E-state index contributed by atoms with van der Waals surface area (Å²) in [6.07, 6.45) is 3.36. The summed E-state index contributed by atoms with van der Waals surface area (Å²) in [7, 11) is 1.69. The van der Waals surface area contributed by atoms with Gasteiger partial charge in [0.2, 0.25) is 5.91 Å². The molecule has 0 spiro atoms. The highest BCUT2D eigenvalue weighted by Gasteiger charge is 2.34. The lowest BCUT2D eigenvalue weighted by Gasteiger charge is -2.41. The number of fused-ring (bicyclic) bond motifs is 2. The maximum atomic E-state index is 12.3. The topological polar surface area (TPSA) is 108 Å². The molecule has 3 aromatic rings. The molecule has 0 radical (unpaired) electrons. The van der Waals surface area contributed by atoms with Gasteiger partial charge in [-0.05, 0) is 66.6 Å². The van der Waals surface area contributed by atoms with Crippen LogP contribution in [0.3, 0.4) is 0 Å². The van der Waals surface area contributed by atoms with Crippen molar-refractivity contribution in [1.82, 2.24) is 19.8 Å². The number of carbonyl (C=O) groups is 2. The first-order chi connectivity index (χ1) is 19.8. The van der Waals surface area contributed by atoms with Gasteiger partial charge in [0.15, 0.2) is 0 Å². The van der Waals surface area contributed by atoms with Gasteiger partial charge in [-0.1, -0.05) is 30.8 Å². The summed E-state index contributed by atoms with van der Waals surface area (Å²) in [5, 5.41) is 12.6. The van der Waals surface area contributed by atoms with Gasteiger partial charge in [-0.25, -0.2) is 4.79 Å². The summed E-state index contributed by atoms with van der Waals surface area (Å²) in [6.45, 7) is 8.00. The fourth-order valence-electron chi connectivity index (χ4n) is 6.27. The van der Waals surface area contributed by atoms with Crippen molar-refractivity contribution in [3.8, 4) is 11.8 Å². The Morgan fingerprint density at radius 2 is 2.07 bits per heavy atom. The molecule has 3 heterocycles. The first kappa shape index (κ1) is 26.9. The van der Waals surface area contributed by atoms with Crippen LogP contribution < -0.4 is 9.64 Å². The third-order valence-corrected chi connectivity index (χ3v) is 8.58. The van der Waals surface area contributed by atoms with Gasteiger partial charge in [0, 0.05) is 38.3 Å². The Hall–Kier alpha value is -4.34. The van der Waals surface area contributed by atoms with Crippen LogP contribution in [-0.4, -0.2) is 88.9 Å². The van der Waals surface area contributed by atoms with Crippen molar-refractivity contribution in [1.29, 1.82) is 0 Å². The first-order valence-electron chi connectivity index (χ1n) is 14.1. The zero-order valence-electron chi connectivity index (χ0n) is 23.5. The zero-order chi connectivity index (χ0) is 28.7. The van der Waals surface area contributed by atoms with Gasteiger partial charge in [0.05, 0.1) is 5.69 Å². The number of rotatable bonds is 6. The molecule has 0 unspecified atom stereocenters. The summed E-state index contributed by atoms with van der Waals surface area (Å²) < 4.78 is 11.2. The predicted molar refractivity (Wildman–Crippen MR) is 154 cm³/mol. The number of piperazine rings is 1. The lowest BCUT2D eigenvalue weighted by Crippen LogP contribution is -2.54. The molecule has 2 aromatic carbocycles. The molecule has 2 saturated heterocycles. The van der Waals surface area contributed by atoms with Crippen LogP contribution >= 0.6 is 0 Å². The average Bonchev–Trinajstić information content (AvgIpc) is 3.30. The van der Waals surface area contributed by atoms with E-state index < -0.39 is 0 Å². The molecule has 0 saturated carbocycles. The Labute approximate surface area is 239 Å². The first-order valence-corrected chi connectivity index (χ1v) is 14.1. The minimum absolute atomic E-state index is 0.0409. The van der Waals surface area contributed by atoms with Crippen LogP contribution in [0.1, 0.15) is 36.1 Å². The molecule has 214 valence electrons. The third kappa shape index (κ3) is 5.14. The SMILES string of the molecule is C=CC(=O)N1CCN(c2nc(OC[C@@H]3COC(=O)N3C)nc3c2CC[C@H](c2cc(O)cc4ccccc24)C3)[C@@H](C)C1. The highest BCUT2D eigenvalue weighted by Crippen LogP contribution is 2.40. The predicted octanol–water partition coefficient (Wildman–Crippen LogP) is 3.66. The molecule has 2 aliphatic heterocycles. The molecule has 2 amide bonds. The summed E-state index contributed by atoms with van der Waals surface area (Å²) >= 11 is 0. The molecule has 41 heavy (non-hydrogen) atoms. The Kier molecular flexibility index (Phi) is 7.15. The van der Waals surface area contributed by atoms with E-state index in [1.165, 1.54) is 11.0 Å². The number of aromatic hydroxyl groups is 1. The van der Waals surface area contributed by atoms with E-state index in [0.29, 0.717) is 26.1 Å². The van der Waals surface area contributed by atoms with Crippen LogP contribution in [0.15, 0.2) is 49.1 Å². The highest BCUT2D eigenvalue weighted by molar-refractivity contribution is 5.88. The Morgan fingerprint density at radius 1 is 1.24 bits per heavy atom. The number of anilines is 1. The van der Waals surface area contributed by atoms with Crippen LogP contribution in [0.25, 0.3) is 10.8 Å². The molecule has 1 N–H and O–H groups in total. The Balaban J connectivity index is 1.33. The minimum Gasteiger partial charge on any atom is -0.508 e. The Morgan fingerprint density at radius 3 is 2.83 bits per heavy atom. The number of amides is 2.